The van der Waals surface area contributed by atoms with Gasteiger partial charge in [-0.1, -0.05) is 12.1 Å². The van der Waals surface area contributed by atoms with E-state index in [2.05, 4.69) is 5.32 Å². The van der Waals surface area contributed by atoms with E-state index in [4.69, 9.17) is 4.74 Å². The number of methoxy groups -OCH3 is 1. The lowest BCUT2D eigenvalue weighted by molar-refractivity contribution is -0.148. The van der Waals surface area contributed by atoms with Gasteiger partial charge in [0.2, 0.25) is 0 Å². The predicted molar refractivity (Wildman–Crippen MR) is 70.8 cm³/mol. The smallest absolute Gasteiger partial charge is 0.390 e. The van der Waals surface area contributed by atoms with Crippen molar-refractivity contribution in [2.75, 3.05) is 33.3 Å². The van der Waals surface area contributed by atoms with Crippen LogP contribution in [0, 0.1) is 0 Å². The highest BCUT2D eigenvalue weighted by Gasteiger charge is 2.36. The Balaban J connectivity index is 2.24. The normalized spacial score (nSPS) is 18.8. The van der Waals surface area contributed by atoms with Crippen LogP contribution in [0.5, 0.6) is 5.75 Å². The third-order valence-corrected chi connectivity index (χ3v) is 3.50. The van der Waals surface area contributed by atoms with Crippen molar-refractivity contribution >= 4 is 0 Å². The highest BCUT2D eigenvalue weighted by molar-refractivity contribution is 5.30. The van der Waals surface area contributed by atoms with Crippen LogP contribution in [0.3, 0.4) is 0 Å². The fourth-order valence-corrected chi connectivity index (χ4v) is 2.52. The van der Waals surface area contributed by atoms with Crippen molar-refractivity contribution < 1.29 is 17.9 Å². The first-order valence-corrected chi connectivity index (χ1v) is 6.65. The SMILES string of the molecule is COc1cccc([C@H](CC(F)(F)F)N2CCNCC2)c1. The molecule has 1 fully saturated rings. The van der Waals surface area contributed by atoms with Crippen molar-refractivity contribution in [2.24, 2.45) is 0 Å². The Bertz CT molecular complexity index is 431. The van der Waals surface area contributed by atoms with Gasteiger partial charge in [-0.05, 0) is 17.7 Å². The van der Waals surface area contributed by atoms with Crippen molar-refractivity contribution in [1.29, 1.82) is 0 Å². The molecule has 1 atom stereocenters. The molecular formula is C14H19F3N2O. The van der Waals surface area contributed by atoms with E-state index in [0.717, 1.165) is 13.1 Å². The summed E-state index contributed by atoms with van der Waals surface area (Å²) in [6.45, 7) is 2.69. The Kier molecular flexibility index (Phi) is 4.88. The number of benzene rings is 1. The van der Waals surface area contributed by atoms with Gasteiger partial charge in [-0.2, -0.15) is 13.2 Å². The lowest BCUT2D eigenvalue weighted by atomic mass is 10.0. The molecule has 112 valence electrons. The minimum atomic E-state index is -4.18. The summed E-state index contributed by atoms with van der Waals surface area (Å²) in [5.74, 6) is 0.588. The first-order chi connectivity index (χ1) is 9.49. The second kappa shape index (κ2) is 6.45. The van der Waals surface area contributed by atoms with Gasteiger partial charge in [-0.25, -0.2) is 0 Å². The lowest BCUT2D eigenvalue weighted by Gasteiger charge is -2.35. The van der Waals surface area contributed by atoms with Gasteiger partial charge in [-0.15, -0.1) is 0 Å². The molecule has 0 radical (unpaired) electrons. The van der Waals surface area contributed by atoms with E-state index in [0.29, 0.717) is 24.4 Å². The van der Waals surface area contributed by atoms with E-state index in [9.17, 15) is 13.2 Å². The lowest BCUT2D eigenvalue weighted by Crippen LogP contribution is -2.46. The maximum Gasteiger partial charge on any atom is 0.390 e. The Morgan fingerprint density at radius 2 is 2.00 bits per heavy atom. The summed E-state index contributed by atoms with van der Waals surface area (Å²) in [6, 6.07) is 6.26. The molecule has 2 rings (SSSR count). The molecule has 20 heavy (non-hydrogen) atoms. The molecule has 6 heteroatoms. The number of halogens is 3. The minimum absolute atomic E-state index is 0.588. The Morgan fingerprint density at radius 1 is 1.30 bits per heavy atom. The molecule has 3 nitrogen and oxygen atoms in total. The van der Waals surface area contributed by atoms with Crippen LogP contribution in [0.1, 0.15) is 18.0 Å². The van der Waals surface area contributed by atoms with Crippen LogP contribution in [-0.4, -0.2) is 44.4 Å². The van der Waals surface area contributed by atoms with Gasteiger partial charge in [0, 0.05) is 32.2 Å². The molecule has 0 amide bonds. The van der Waals surface area contributed by atoms with Gasteiger partial charge in [0.1, 0.15) is 5.75 Å². The average molecular weight is 288 g/mol. The third-order valence-electron chi connectivity index (χ3n) is 3.50. The summed E-state index contributed by atoms with van der Waals surface area (Å²) in [4.78, 5) is 1.89. The van der Waals surface area contributed by atoms with Crippen molar-refractivity contribution in [3.8, 4) is 5.75 Å². The summed E-state index contributed by atoms with van der Waals surface area (Å²) in [5.41, 5.74) is 0.656. The highest BCUT2D eigenvalue weighted by Crippen LogP contribution is 2.35. The van der Waals surface area contributed by atoms with Gasteiger partial charge in [0.05, 0.1) is 13.5 Å². The van der Waals surface area contributed by atoms with Crippen LogP contribution in [0.15, 0.2) is 24.3 Å². The Hall–Kier alpha value is -1.27. The van der Waals surface area contributed by atoms with Gasteiger partial charge < -0.3 is 10.1 Å². The maximum absolute atomic E-state index is 12.9. The zero-order valence-corrected chi connectivity index (χ0v) is 11.4. The molecule has 1 aliphatic rings. The predicted octanol–water partition coefficient (Wildman–Crippen LogP) is 2.59. The maximum atomic E-state index is 12.9. The molecule has 0 spiro atoms. The molecule has 0 unspecified atom stereocenters. The number of hydrogen-bond donors (Lipinski definition) is 1. The zero-order chi connectivity index (χ0) is 14.6. The minimum Gasteiger partial charge on any atom is -0.497 e. The first-order valence-electron chi connectivity index (χ1n) is 6.65. The van der Waals surface area contributed by atoms with Crippen molar-refractivity contribution in [2.45, 2.75) is 18.6 Å². The summed E-state index contributed by atoms with van der Waals surface area (Å²) in [7, 11) is 1.52. The molecule has 0 bridgehead atoms. The van der Waals surface area contributed by atoms with Crippen LogP contribution < -0.4 is 10.1 Å². The number of ether oxygens (including phenoxy) is 1. The second-order valence-corrected chi connectivity index (χ2v) is 4.90. The number of hydrogen-bond acceptors (Lipinski definition) is 3. The summed E-state index contributed by atoms with van der Waals surface area (Å²) < 4.78 is 43.7. The number of piperazine rings is 1. The summed E-state index contributed by atoms with van der Waals surface area (Å²) in [5, 5.41) is 3.16. The van der Waals surface area contributed by atoms with Crippen molar-refractivity contribution in [1.82, 2.24) is 10.2 Å². The Morgan fingerprint density at radius 3 is 2.60 bits per heavy atom. The molecule has 1 heterocycles. The molecule has 1 N–H and O–H groups in total. The molecule has 0 aliphatic carbocycles. The highest BCUT2D eigenvalue weighted by atomic mass is 19.4. The standard InChI is InChI=1S/C14H19F3N2O/c1-20-12-4-2-3-11(9-12)13(10-14(15,16)17)19-7-5-18-6-8-19/h2-4,9,13,18H,5-8,10H2,1H3/t13-/m0/s1. The monoisotopic (exact) mass is 288 g/mol. The van der Waals surface area contributed by atoms with Gasteiger partial charge in [0.25, 0.3) is 0 Å². The number of nitrogens with zero attached hydrogens (tertiary/aromatic N) is 1. The van der Waals surface area contributed by atoms with Gasteiger partial charge in [-0.3, -0.25) is 4.90 Å². The Labute approximate surface area is 116 Å². The van der Waals surface area contributed by atoms with E-state index >= 15 is 0 Å². The molecule has 0 saturated carbocycles. The number of alkyl halides is 3. The first kappa shape index (κ1) is 15.1. The second-order valence-electron chi connectivity index (χ2n) is 4.90. The van der Waals surface area contributed by atoms with Crippen LogP contribution in [0.2, 0.25) is 0 Å². The van der Waals surface area contributed by atoms with E-state index in [-0.39, 0.29) is 0 Å². The molecule has 0 aromatic heterocycles. The molecule has 1 saturated heterocycles. The van der Waals surface area contributed by atoms with Crippen molar-refractivity contribution in [3.63, 3.8) is 0 Å². The fourth-order valence-electron chi connectivity index (χ4n) is 2.52. The van der Waals surface area contributed by atoms with Crippen LogP contribution in [0.4, 0.5) is 13.2 Å². The third kappa shape index (κ3) is 4.11. The summed E-state index contributed by atoms with van der Waals surface area (Å²) >= 11 is 0. The topological polar surface area (TPSA) is 24.5 Å². The van der Waals surface area contributed by atoms with E-state index in [1.165, 1.54) is 7.11 Å². The van der Waals surface area contributed by atoms with Gasteiger partial charge >= 0.3 is 6.18 Å². The molecular weight excluding hydrogens is 269 g/mol. The molecule has 1 aromatic rings. The zero-order valence-electron chi connectivity index (χ0n) is 11.4. The van der Waals surface area contributed by atoms with E-state index in [1.807, 2.05) is 4.90 Å². The van der Waals surface area contributed by atoms with Crippen molar-refractivity contribution in [3.05, 3.63) is 29.8 Å². The molecule has 1 aromatic carbocycles. The number of nitrogens with one attached hydrogen (secondary N) is 1. The average Bonchev–Trinajstić information content (AvgIpc) is 2.45. The largest absolute Gasteiger partial charge is 0.497 e. The molecule has 1 aliphatic heterocycles. The summed E-state index contributed by atoms with van der Waals surface area (Å²) in [6.07, 6.45) is -5.02. The van der Waals surface area contributed by atoms with Crippen LogP contribution >= 0.6 is 0 Å². The van der Waals surface area contributed by atoms with Gasteiger partial charge in [0.15, 0.2) is 0 Å². The number of rotatable bonds is 4. The van der Waals surface area contributed by atoms with Crippen LogP contribution in [-0.2, 0) is 0 Å². The van der Waals surface area contributed by atoms with E-state index in [1.54, 1.807) is 24.3 Å². The van der Waals surface area contributed by atoms with Crippen LogP contribution in [0.25, 0.3) is 0 Å². The fraction of sp³-hybridized carbons (Fsp3) is 0.571. The van der Waals surface area contributed by atoms with E-state index < -0.39 is 18.6 Å². The quantitative estimate of drug-likeness (QED) is 0.921.